The molecule has 1 aromatic heterocycles. The second-order valence-electron chi connectivity index (χ2n) is 5.58. The molecule has 0 aliphatic rings. The normalized spacial score (nSPS) is 10.8. The van der Waals surface area contributed by atoms with Gasteiger partial charge < -0.3 is 14.6 Å². The zero-order valence-corrected chi connectivity index (χ0v) is 14.2. The average Bonchev–Trinajstić information content (AvgIpc) is 3.19. The summed E-state index contributed by atoms with van der Waals surface area (Å²) in [7, 11) is 1.60. The first-order valence-electron chi connectivity index (χ1n) is 8.02. The van der Waals surface area contributed by atoms with Crippen LogP contribution in [-0.2, 0) is 11.3 Å². The van der Waals surface area contributed by atoms with E-state index in [1.165, 1.54) is 18.5 Å². The van der Waals surface area contributed by atoms with Gasteiger partial charge in [-0.2, -0.15) is 0 Å². The summed E-state index contributed by atoms with van der Waals surface area (Å²) < 4.78 is 20.9. The number of carbonyl (C=O) groups is 1. The van der Waals surface area contributed by atoms with Gasteiger partial charge in [0.1, 0.15) is 11.6 Å². The Hall–Kier alpha value is -3.41. The molecule has 1 amide bonds. The second-order valence-corrected chi connectivity index (χ2v) is 5.58. The summed E-state index contributed by atoms with van der Waals surface area (Å²) in [6.45, 7) is 0.404. The van der Waals surface area contributed by atoms with Crippen molar-refractivity contribution in [1.82, 2.24) is 14.9 Å². The van der Waals surface area contributed by atoms with E-state index in [-0.39, 0.29) is 11.7 Å². The Bertz CT molecular complexity index is 903. The summed E-state index contributed by atoms with van der Waals surface area (Å²) in [4.78, 5) is 15.8. The summed E-state index contributed by atoms with van der Waals surface area (Å²) in [6, 6.07) is 12.2. The van der Waals surface area contributed by atoms with Gasteiger partial charge in [0.25, 0.3) is 0 Å². The maximum absolute atomic E-state index is 14.2. The Morgan fingerprint density at radius 1 is 1.27 bits per heavy atom. The van der Waals surface area contributed by atoms with Gasteiger partial charge in [-0.15, -0.1) is 0 Å². The first-order valence-corrected chi connectivity index (χ1v) is 8.02. The number of halogens is 1. The lowest BCUT2D eigenvalue weighted by atomic mass is 10.1. The van der Waals surface area contributed by atoms with Crippen LogP contribution in [0.4, 0.5) is 4.39 Å². The predicted molar refractivity (Wildman–Crippen MR) is 97.4 cm³/mol. The van der Waals surface area contributed by atoms with Crippen LogP contribution in [0, 0.1) is 5.82 Å². The van der Waals surface area contributed by atoms with Crippen LogP contribution in [0.5, 0.6) is 5.75 Å². The molecule has 0 radical (unpaired) electrons. The van der Waals surface area contributed by atoms with Crippen molar-refractivity contribution in [2.45, 2.75) is 6.54 Å². The van der Waals surface area contributed by atoms with Crippen molar-refractivity contribution < 1.29 is 13.9 Å². The van der Waals surface area contributed by atoms with E-state index in [0.717, 1.165) is 11.3 Å². The molecule has 0 aliphatic carbocycles. The Morgan fingerprint density at radius 2 is 2.08 bits per heavy atom. The highest BCUT2D eigenvalue weighted by molar-refractivity contribution is 5.91. The number of benzene rings is 2. The van der Waals surface area contributed by atoms with Gasteiger partial charge >= 0.3 is 0 Å². The highest BCUT2D eigenvalue weighted by atomic mass is 19.1. The van der Waals surface area contributed by atoms with Crippen molar-refractivity contribution >= 4 is 12.0 Å². The third-order valence-electron chi connectivity index (χ3n) is 3.81. The number of amides is 1. The number of aromatic nitrogens is 2. The van der Waals surface area contributed by atoms with E-state index in [2.05, 4.69) is 10.3 Å². The fourth-order valence-electron chi connectivity index (χ4n) is 2.40. The Kier molecular flexibility index (Phi) is 5.43. The lowest BCUT2D eigenvalue weighted by Gasteiger charge is -2.05. The molecule has 2 aromatic carbocycles. The van der Waals surface area contributed by atoms with Crippen molar-refractivity contribution in [3.63, 3.8) is 0 Å². The van der Waals surface area contributed by atoms with E-state index in [4.69, 9.17) is 4.74 Å². The van der Waals surface area contributed by atoms with Gasteiger partial charge in [0.2, 0.25) is 5.91 Å². The number of methoxy groups -OCH3 is 1. The molecule has 5 nitrogen and oxygen atoms in total. The number of nitrogens with zero attached hydrogens (tertiary/aromatic N) is 2. The Balaban J connectivity index is 1.58. The van der Waals surface area contributed by atoms with Crippen LogP contribution in [0.3, 0.4) is 0 Å². The smallest absolute Gasteiger partial charge is 0.244 e. The molecule has 0 unspecified atom stereocenters. The zero-order valence-electron chi connectivity index (χ0n) is 14.2. The van der Waals surface area contributed by atoms with Gasteiger partial charge in [0.05, 0.1) is 19.1 Å². The summed E-state index contributed by atoms with van der Waals surface area (Å²) in [5, 5.41) is 2.78. The van der Waals surface area contributed by atoms with Crippen molar-refractivity contribution in [1.29, 1.82) is 0 Å². The van der Waals surface area contributed by atoms with Gasteiger partial charge in [-0.3, -0.25) is 4.79 Å². The fourth-order valence-corrected chi connectivity index (χ4v) is 2.40. The highest BCUT2D eigenvalue weighted by Crippen LogP contribution is 2.16. The van der Waals surface area contributed by atoms with Crippen LogP contribution in [0.25, 0.3) is 11.8 Å². The van der Waals surface area contributed by atoms with Crippen molar-refractivity contribution in [3.8, 4) is 11.4 Å². The highest BCUT2D eigenvalue weighted by Gasteiger charge is 2.04. The third-order valence-corrected chi connectivity index (χ3v) is 3.81. The van der Waals surface area contributed by atoms with E-state index < -0.39 is 0 Å². The van der Waals surface area contributed by atoms with Crippen molar-refractivity contribution in [2.24, 2.45) is 0 Å². The van der Waals surface area contributed by atoms with Crippen LogP contribution >= 0.6 is 0 Å². The molecule has 132 valence electrons. The minimum absolute atomic E-state index is 0.250. The molecular weight excluding hydrogens is 333 g/mol. The first kappa shape index (κ1) is 17.4. The third kappa shape index (κ3) is 4.36. The van der Waals surface area contributed by atoms with Crippen molar-refractivity contribution in [2.75, 3.05) is 7.11 Å². The maximum Gasteiger partial charge on any atom is 0.244 e. The monoisotopic (exact) mass is 351 g/mol. The van der Waals surface area contributed by atoms with Crippen LogP contribution < -0.4 is 10.1 Å². The van der Waals surface area contributed by atoms with Gasteiger partial charge in [0.15, 0.2) is 0 Å². The molecule has 6 heteroatoms. The second kappa shape index (κ2) is 8.11. The minimum atomic E-state index is -0.385. The average molecular weight is 351 g/mol. The predicted octanol–water partition coefficient (Wildman–Crippen LogP) is 3.35. The number of ether oxygens (including phenoxy) is 1. The molecule has 0 spiro atoms. The molecule has 1 N–H and O–H groups in total. The molecule has 0 saturated heterocycles. The van der Waals surface area contributed by atoms with Gasteiger partial charge in [-0.1, -0.05) is 18.2 Å². The number of imidazole rings is 1. The Labute approximate surface area is 150 Å². The lowest BCUT2D eigenvalue weighted by molar-refractivity contribution is -0.116. The quantitative estimate of drug-likeness (QED) is 0.693. The number of nitrogens with one attached hydrogen (secondary N) is 1. The molecule has 3 rings (SSSR count). The van der Waals surface area contributed by atoms with Crippen molar-refractivity contribution in [3.05, 3.63) is 84.2 Å². The summed E-state index contributed by atoms with van der Waals surface area (Å²) >= 11 is 0. The van der Waals surface area contributed by atoms with Crippen LogP contribution in [0.2, 0.25) is 0 Å². The lowest BCUT2D eigenvalue weighted by Crippen LogP contribution is -2.20. The molecule has 0 atom stereocenters. The van der Waals surface area contributed by atoms with E-state index >= 15 is 0 Å². The molecule has 0 fully saturated rings. The maximum atomic E-state index is 14.2. The summed E-state index contributed by atoms with van der Waals surface area (Å²) in [6.07, 6.45) is 7.74. The number of carbonyl (C=O) groups excluding carboxylic acids is 1. The molecule has 3 aromatic rings. The van der Waals surface area contributed by atoms with Gasteiger partial charge in [-0.05, 0) is 41.5 Å². The Morgan fingerprint density at radius 3 is 2.73 bits per heavy atom. The van der Waals surface area contributed by atoms with Crippen LogP contribution in [0.15, 0.2) is 67.3 Å². The van der Waals surface area contributed by atoms with Gasteiger partial charge in [-0.25, -0.2) is 9.37 Å². The fraction of sp³-hybridized carbons (Fsp3) is 0.100. The number of hydrogen-bond acceptors (Lipinski definition) is 3. The molecule has 26 heavy (non-hydrogen) atoms. The van der Waals surface area contributed by atoms with E-state index in [9.17, 15) is 9.18 Å². The molecular formula is C20H18FN3O2. The number of hydrogen-bond donors (Lipinski definition) is 1. The summed E-state index contributed by atoms with van der Waals surface area (Å²) in [5.41, 5.74) is 1.97. The largest absolute Gasteiger partial charge is 0.497 e. The molecule has 0 saturated carbocycles. The van der Waals surface area contributed by atoms with Gasteiger partial charge in [0, 0.05) is 25.0 Å². The van der Waals surface area contributed by atoms with E-state index in [0.29, 0.717) is 17.8 Å². The standard InChI is InChI=1S/C20H18FN3O2/c1-26-17-6-2-16(3-7-17)13-23-20(25)9-5-15-4-8-19(18(21)12-15)24-11-10-22-14-24/h2-12,14H,13H2,1H3,(H,23,25). The number of rotatable bonds is 6. The molecule has 0 bridgehead atoms. The van der Waals surface area contributed by atoms with E-state index in [1.54, 1.807) is 42.3 Å². The SMILES string of the molecule is COc1ccc(CNC(=O)C=Cc2ccc(-n3ccnc3)c(F)c2)cc1. The molecule has 1 heterocycles. The topological polar surface area (TPSA) is 56.1 Å². The minimum Gasteiger partial charge on any atom is -0.497 e. The van der Waals surface area contributed by atoms with Crippen LogP contribution in [0.1, 0.15) is 11.1 Å². The zero-order chi connectivity index (χ0) is 18.4. The summed E-state index contributed by atoms with van der Waals surface area (Å²) in [5.74, 6) is 0.129. The van der Waals surface area contributed by atoms with Crippen LogP contribution in [-0.4, -0.2) is 22.6 Å². The van der Waals surface area contributed by atoms with E-state index in [1.807, 2.05) is 24.3 Å². The first-order chi connectivity index (χ1) is 12.7. The molecule has 0 aliphatic heterocycles.